The molecule has 0 amide bonds. The summed E-state index contributed by atoms with van der Waals surface area (Å²) in [5.74, 6) is 0.564. The molecule has 0 atom stereocenters. The van der Waals surface area contributed by atoms with Gasteiger partial charge in [0.05, 0.1) is 17.7 Å². The summed E-state index contributed by atoms with van der Waals surface area (Å²) in [6.45, 7) is 0. The third-order valence-corrected chi connectivity index (χ3v) is 3.18. The number of rotatable bonds is 4. The molecule has 19 heavy (non-hydrogen) atoms. The number of Topliss-reactive ketones (excluding diaryl/α,β-unsaturated/α-hetero) is 1. The van der Waals surface area contributed by atoms with Crippen LogP contribution in [0.3, 0.4) is 0 Å². The van der Waals surface area contributed by atoms with E-state index >= 15 is 0 Å². The number of nitrogen functional groups attached to an aromatic ring is 1. The largest absolute Gasteiger partial charge is 0.496 e. The van der Waals surface area contributed by atoms with E-state index in [1.165, 1.54) is 0 Å². The lowest BCUT2D eigenvalue weighted by molar-refractivity contribution is 0.0993. The topological polar surface area (TPSA) is 52.3 Å². The summed E-state index contributed by atoms with van der Waals surface area (Å²) >= 11 is 6.03. The third-order valence-electron chi connectivity index (χ3n) is 2.87. The molecule has 0 fully saturated rings. The number of hydrogen-bond donors (Lipinski definition) is 1. The SMILES string of the molecule is COc1ccccc1CC(=O)c1c(N)cccc1Cl. The average molecular weight is 276 g/mol. The maximum atomic E-state index is 12.3. The second kappa shape index (κ2) is 5.76. The molecule has 0 saturated carbocycles. The molecule has 0 saturated heterocycles. The first kappa shape index (κ1) is 13.4. The van der Waals surface area contributed by atoms with Crippen molar-refractivity contribution in [2.24, 2.45) is 0 Å². The second-order valence-electron chi connectivity index (χ2n) is 4.12. The number of ether oxygens (including phenoxy) is 1. The van der Waals surface area contributed by atoms with E-state index in [4.69, 9.17) is 22.1 Å². The van der Waals surface area contributed by atoms with Crippen LogP contribution in [0.15, 0.2) is 42.5 Å². The fourth-order valence-electron chi connectivity index (χ4n) is 1.95. The lowest BCUT2D eigenvalue weighted by Crippen LogP contribution is -2.08. The number of nitrogens with two attached hydrogens (primary N) is 1. The van der Waals surface area contributed by atoms with Crippen molar-refractivity contribution in [3.8, 4) is 5.75 Å². The zero-order valence-electron chi connectivity index (χ0n) is 10.5. The predicted octanol–water partition coefficient (Wildman–Crippen LogP) is 3.36. The van der Waals surface area contributed by atoms with Crippen molar-refractivity contribution in [3.05, 3.63) is 58.6 Å². The molecule has 0 spiro atoms. The van der Waals surface area contributed by atoms with Gasteiger partial charge in [-0.2, -0.15) is 0 Å². The van der Waals surface area contributed by atoms with Gasteiger partial charge in [0.1, 0.15) is 5.75 Å². The number of anilines is 1. The van der Waals surface area contributed by atoms with Gasteiger partial charge in [-0.05, 0) is 18.2 Å². The number of benzene rings is 2. The minimum absolute atomic E-state index is 0.118. The van der Waals surface area contributed by atoms with Crippen LogP contribution in [0.5, 0.6) is 5.75 Å². The molecule has 2 N–H and O–H groups in total. The van der Waals surface area contributed by atoms with Gasteiger partial charge >= 0.3 is 0 Å². The summed E-state index contributed by atoms with van der Waals surface area (Å²) in [4.78, 5) is 12.3. The molecule has 4 heteroatoms. The van der Waals surface area contributed by atoms with Gasteiger partial charge in [0.2, 0.25) is 0 Å². The molecule has 0 aliphatic heterocycles. The fourth-order valence-corrected chi connectivity index (χ4v) is 2.23. The van der Waals surface area contributed by atoms with Crippen LogP contribution in [-0.2, 0) is 6.42 Å². The van der Waals surface area contributed by atoms with E-state index in [1.807, 2.05) is 24.3 Å². The smallest absolute Gasteiger partial charge is 0.170 e. The monoisotopic (exact) mass is 275 g/mol. The minimum Gasteiger partial charge on any atom is -0.496 e. The molecule has 0 aliphatic carbocycles. The Morgan fingerprint density at radius 1 is 1.21 bits per heavy atom. The Bertz CT molecular complexity index is 591. The summed E-state index contributed by atoms with van der Waals surface area (Å²) in [5, 5.41) is 0.375. The van der Waals surface area contributed by atoms with Crippen molar-refractivity contribution in [1.82, 2.24) is 0 Å². The molecule has 2 aromatic carbocycles. The van der Waals surface area contributed by atoms with Crippen molar-refractivity contribution < 1.29 is 9.53 Å². The number of para-hydroxylation sites is 1. The Morgan fingerprint density at radius 2 is 1.95 bits per heavy atom. The Kier molecular flexibility index (Phi) is 4.07. The zero-order valence-corrected chi connectivity index (χ0v) is 11.3. The van der Waals surface area contributed by atoms with Gasteiger partial charge in [-0.3, -0.25) is 4.79 Å². The standard InChI is InChI=1S/C15H14ClNO2/c1-19-14-8-3-2-5-10(14)9-13(18)15-11(16)6-4-7-12(15)17/h2-8H,9,17H2,1H3. The van der Waals surface area contributed by atoms with Gasteiger partial charge < -0.3 is 10.5 Å². The predicted molar refractivity (Wildman–Crippen MR) is 76.9 cm³/mol. The van der Waals surface area contributed by atoms with E-state index in [9.17, 15) is 4.79 Å². The highest BCUT2D eigenvalue weighted by atomic mass is 35.5. The summed E-state index contributed by atoms with van der Waals surface area (Å²) in [6, 6.07) is 12.4. The van der Waals surface area contributed by atoms with Crippen molar-refractivity contribution in [3.63, 3.8) is 0 Å². The van der Waals surface area contributed by atoms with Crippen molar-refractivity contribution >= 4 is 23.1 Å². The van der Waals surface area contributed by atoms with Crippen LogP contribution >= 0.6 is 11.6 Å². The normalized spacial score (nSPS) is 10.2. The van der Waals surface area contributed by atoms with Crippen LogP contribution in [0.2, 0.25) is 5.02 Å². The van der Waals surface area contributed by atoms with Gasteiger partial charge in [0, 0.05) is 17.7 Å². The van der Waals surface area contributed by atoms with E-state index in [-0.39, 0.29) is 12.2 Å². The molecule has 0 aliphatic rings. The molecule has 0 bridgehead atoms. The lowest BCUT2D eigenvalue weighted by Gasteiger charge is -2.09. The van der Waals surface area contributed by atoms with Gasteiger partial charge in [-0.15, -0.1) is 0 Å². The molecule has 0 heterocycles. The summed E-state index contributed by atoms with van der Waals surface area (Å²) in [7, 11) is 1.58. The van der Waals surface area contributed by atoms with Crippen LogP contribution < -0.4 is 10.5 Å². The van der Waals surface area contributed by atoms with Crippen LogP contribution in [0.1, 0.15) is 15.9 Å². The Balaban J connectivity index is 2.31. The van der Waals surface area contributed by atoms with E-state index in [2.05, 4.69) is 0 Å². The number of halogens is 1. The van der Waals surface area contributed by atoms with Crippen molar-refractivity contribution in [2.75, 3.05) is 12.8 Å². The van der Waals surface area contributed by atoms with Crippen molar-refractivity contribution in [2.45, 2.75) is 6.42 Å². The molecular formula is C15H14ClNO2. The van der Waals surface area contributed by atoms with E-state index in [0.717, 1.165) is 5.56 Å². The lowest BCUT2D eigenvalue weighted by atomic mass is 10.0. The highest BCUT2D eigenvalue weighted by Crippen LogP contribution is 2.26. The second-order valence-corrected chi connectivity index (χ2v) is 4.52. The van der Waals surface area contributed by atoms with Crippen LogP contribution in [0, 0.1) is 0 Å². The first-order chi connectivity index (χ1) is 9.13. The van der Waals surface area contributed by atoms with Gasteiger partial charge in [0.25, 0.3) is 0 Å². The maximum absolute atomic E-state index is 12.3. The fraction of sp³-hybridized carbons (Fsp3) is 0.133. The number of hydrogen-bond acceptors (Lipinski definition) is 3. The first-order valence-electron chi connectivity index (χ1n) is 5.82. The molecular weight excluding hydrogens is 262 g/mol. The Morgan fingerprint density at radius 3 is 2.63 bits per heavy atom. The Hall–Kier alpha value is -2.00. The molecule has 98 valence electrons. The summed E-state index contributed by atoms with van der Waals surface area (Å²) in [5.41, 5.74) is 7.39. The van der Waals surface area contributed by atoms with Gasteiger partial charge in [-0.1, -0.05) is 35.9 Å². The minimum atomic E-state index is -0.118. The van der Waals surface area contributed by atoms with Crippen molar-refractivity contribution in [1.29, 1.82) is 0 Å². The van der Waals surface area contributed by atoms with E-state index < -0.39 is 0 Å². The first-order valence-corrected chi connectivity index (χ1v) is 6.20. The van der Waals surface area contributed by atoms with E-state index in [0.29, 0.717) is 22.0 Å². The zero-order chi connectivity index (χ0) is 13.8. The van der Waals surface area contributed by atoms with E-state index in [1.54, 1.807) is 25.3 Å². The van der Waals surface area contributed by atoms with Crippen LogP contribution in [0.25, 0.3) is 0 Å². The van der Waals surface area contributed by atoms with Gasteiger partial charge in [0.15, 0.2) is 5.78 Å². The number of carbonyl (C=O) groups is 1. The maximum Gasteiger partial charge on any atom is 0.170 e. The molecule has 0 unspecified atom stereocenters. The number of methoxy groups -OCH3 is 1. The molecule has 0 radical (unpaired) electrons. The quantitative estimate of drug-likeness (QED) is 0.688. The average Bonchev–Trinajstić information content (AvgIpc) is 2.39. The van der Waals surface area contributed by atoms with Crippen LogP contribution in [0.4, 0.5) is 5.69 Å². The Labute approximate surface area is 117 Å². The highest BCUT2D eigenvalue weighted by Gasteiger charge is 2.16. The summed E-state index contributed by atoms with van der Waals surface area (Å²) < 4.78 is 5.23. The third kappa shape index (κ3) is 2.88. The molecule has 3 nitrogen and oxygen atoms in total. The number of carbonyl (C=O) groups excluding carboxylic acids is 1. The van der Waals surface area contributed by atoms with Crippen LogP contribution in [-0.4, -0.2) is 12.9 Å². The highest BCUT2D eigenvalue weighted by molar-refractivity contribution is 6.34. The summed E-state index contributed by atoms with van der Waals surface area (Å²) in [6.07, 6.45) is 0.206. The molecule has 0 aromatic heterocycles. The molecule has 2 aromatic rings. The molecule has 2 rings (SSSR count). The number of ketones is 1. The van der Waals surface area contributed by atoms with Gasteiger partial charge in [-0.25, -0.2) is 0 Å².